The summed E-state index contributed by atoms with van der Waals surface area (Å²) in [6, 6.07) is 19.5. The largest absolute Gasteiger partial charge is 0.508 e. The van der Waals surface area contributed by atoms with Gasteiger partial charge in [-0.25, -0.2) is 4.79 Å². The highest BCUT2D eigenvalue weighted by atomic mass is 16.4. The van der Waals surface area contributed by atoms with Crippen molar-refractivity contribution in [2.75, 3.05) is 6.54 Å². The first-order valence-electron chi connectivity index (χ1n) is 14.1. The van der Waals surface area contributed by atoms with E-state index in [1.165, 1.54) is 17.0 Å². The smallest absolute Gasteiger partial charge is 0.326 e. The fourth-order valence-electron chi connectivity index (χ4n) is 5.20. The molecule has 3 aromatic carbocycles. The van der Waals surface area contributed by atoms with Crippen LogP contribution in [0.3, 0.4) is 0 Å². The lowest BCUT2D eigenvalue weighted by atomic mass is 10.0. The van der Waals surface area contributed by atoms with Gasteiger partial charge in [-0.3, -0.25) is 14.4 Å². The first-order valence-corrected chi connectivity index (χ1v) is 14.1. The van der Waals surface area contributed by atoms with Crippen LogP contribution in [0.5, 0.6) is 5.75 Å². The standard InChI is InChI=1S/C32H37N5O6/c33-23-18-28(37(19-23)31(41)25(34)15-22-11-13-24(38)14-12-22)30(40)35-26(16-20-7-3-1-4-8-20)29(39)36-27(32(42)43)17-21-9-5-2-6-10-21/h1-14,23,25-28,38H,15-19,33-34H2,(H,35,40)(H,36,39)(H,42,43)/t23-,25-,26+,27+,28-/m0/s1. The second-order valence-corrected chi connectivity index (χ2v) is 10.8. The maximum atomic E-state index is 13.6. The molecule has 3 aromatic rings. The van der Waals surface area contributed by atoms with Crippen LogP contribution in [0.2, 0.25) is 0 Å². The Kier molecular flexibility index (Phi) is 10.5. The van der Waals surface area contributed by atoms with Crippen LogP contribution in [0.1, 0.15) is 23.1 Å². The first-order chi connectivity index (χ1) is 20.6. The van der Waals surface area contributed by atoms with E-state index >= 15 is 0 Å². The van der Waals surface area contributed by atoms with Crippen LogP contribution in [0, 0.1) is 0 Å². The van der Waals surface area contributed by atoms with Crippen molar-refractivity contribution in [3.8, 4) is 5.75 Å². The van der Waals surface area contributed by atoms with Crippen LogP contribution in [0.4, 0.5) is 0 Å². The Morgan fingerprint density at radius 1 is 0.791 bits per heavy atom. The summed E-state index contributed by atoms with van der Waals surface area (Å²) in [6.07, 6.45) is 0.529. The van der Waals surface area contributed by atoms with Crippen molar-refractivity contribution in [1.29, 1.82) is 0 Å². The number of aromatic hydroxyl groups is 1. The molecule has 8 N–H and O–H groups in total. The Hall–Kier alpha value is -4.74. The third-order valence-corrected chi connectivity index (χ3v) is 7.44. The molecule has 1 aliphatic rings. The number of carbonyl (C=O) groups excluding carboxylic acids is 3. The molecule has 0 aliphatic carbocycles. The number of likely N-dealkylation sites (tertiary alicyclic amines) is 1. The molecule has 1 saturated heterocycles. The molecule has 0 spiro atoms. The van der Waals surface area contributed by atoms with Gasteiger partial charge in [0.2, 0.25) is 17.7 Å². The molecule has 0 aromatic heterocycles. The Labute approximate surface area is 249 Å². The highest BCUT2D eigenvalue weighted by Gasteiger charge is 2.41. The topological polar surface area (TPSA) is 188 Å². The van der Waals surface area contributed by atoms with Gasteiger partial charge in [0.15, 0.2) is 0 Å². The molecule has 5 atom stereocenters. The molecule has 11 nitrogen and oxygen atoms in total. The lowest BCUT2D eigenvalue weighted by Gasteiger charge is -2.28. The minimum Gasteiger partial charge on any atom is -0.508 e. The van der Waals surface area contributed by atoms with Crippen LogP contribution in [0.25, 0.3) is 0 Å². The van der Waals surface area contributed by atoms with Crippen molar-refractivity contribution < 1.29 is 29.4 Å². The lowest BCUT2D eigenvalue weighted by molar-refractivity contribution is -0.143. The molecule has 0 unspecified atom stereocenters. The van der Waals surface area contributed by atoms with Gasteiger partial charge in [0.1, 0.15) is 23.9 Å². The van der Waals surface area contributed by atoms with E-state index in [1.807, 2.05) is 12.1 Å². The van der Waals surface area contributed by atoms with E-state index in [1.54, 1.807) is 60.7 Å². The number of phenolic OH excluding ortho intramolecular Hbond substituents is 1. The number of hydrogen-bond acceptors (Lipinski definition) is 7. The number of rotatable bonds is 12. The Morgan fingerprint density at radius 2 is 1.33 bits per heavy atom. The summed E-state index contributed by atoms with van der Waals surface area (Å²) in [7, 11) is 0. The average Bonchev–Trinajstić information content (AvgIpc) is 3.39. The van der Waals surface area contributed by atoms with Crippen LogP contribution in [-0.4, -0.2) is 75.6 Å². The number of nitrogens with two attached hydrogens (primary N) is 2. The highest BCUT2D eigenvalue weighted by molar-refractivity contribution is 5.94. The second kappa shape index (κ2) is 14.4. The molecule has 43 heavy (non-hydrogen) atoms. The second-order valence-electron chi connectivity index (χ2n) is 10.8. The third-order valence-electron chi connectivity index (χ3n) is 7.44. The number of phenols is 1. The zero-order chi connectivity index (χ0) is 30.9. The number of carboxylic acids is 1. The Bertz CT molecular complexity index is 1400. The summed E-state index contributed by atoms with van der Waals surface area (Å²) in [4.78, 5) is 53.8. The summed E-state index contributed by atoms with van der Waals surface area (Å²) < 4.78 is 0. The maximum Gasteiger partial charge on any atom is 0.326 e. The quantitative estimate of drug-likeness (QED) is 0.179. The molecule has 1 fully saturated rings. The summed E-state index contributed by atoms with van der Waals surface area (Å²) in [5.74, 6) is -2.81. The van der Waals surface area contributed by atoms with E-state index in [0.29, 0.717) is 0 Å². The molecular weight excluding hydrogens is 550 g/mol. The van der Waals surface area contributed by atoms with Gasteiger partial charge in [-0.2, -0.15) is 0 Å². The van der Waals surface area contributed by atoms with E-state index in [2.05, 4.69) is 10.6 Å². The van der Waals surface area contributed by atoms with Crippen molar-refractivity contribution in [3.63, 3.8) is 0 Å². The molecule has 1 heterocycles. The Balaban J connectivity index is 1.49. The van der Waals surface area contributed by atoms with Crippen LogP contribution in [-0.2, 0) is 38.4 Å². The SMILES string of the molecule is N[C@H]1C[C@@H](C(=O)N[C@H](Cc2ccccc2)C(=O)N[C@H](Cc2ccccc2)C(=O)O)N(C(=O)[C@@H](N)Cc2ccc(O)cc2)C1. The van der Waals surface area contributed by atoms with Gasteiger partial charge in [-0.1, -0.05) is 72.8 Å². The molecular formula is C32H37N5O6. The summed E-state index contributed by atoms with van der Waals surface area (Å²) in [5, 5.41) is 24.7. The average molecular weight is 588 g/mol. The van der Waals surface area contributed by atoms with Gasteiger partial charge in [0.05, 0.1) is 6.04 Å². The van der Waals surface area contributed by atoms with Gasteiger partial charge in [-0.05, 0) is 41.7 Å². The molecule has 3 amide bonds. The van der Waals surface area contributed by atoms with Crippen LogP contribution < -0.4 is 22.1 Å². The van der Waals surface area contributed by atoms with E-state index in [0.717, 1.165) is 16.7 Å². The summed E-state index contributed by atoms with van der Waals surface area (Å²) in [6.45, 7) is 0.119. The van der Waals surface area contributed by atoms with Crippen LogP contribution >= 0.6 is 0 Å². The molecule has 0 radical (unpaired) electrons. The van der Waals surface area contributed by atoms with E-state index in [9.17, 15) is 29.4 Å². The van der Waals surface area contributed by atoms with Gasteiger partial charge >= 0.3 is 5.97 Å². The summed E-state index contributed by atoms with van der Waals surface area (Å²) in [5.41, 5.74) is 14.6. The molecule has 0 saturated carbocycles. The van der Waals surface area contributed by atoms with Gasteiger partial charge in [0, 0.05) is 25.4 Å². The third kappa shape index (κ3) is 8.63. The minimum atomic E-state index is -1.22. The number of nitrogens with one attached hydrogen (secondary N) is 2. The minimum absolute atomic E-state index is 0.0621. The summed E-state index contributed by atoms with van der Waals surface area (Å²) >= 11 is 0. The number of carboxylic acid groups (broad SMARTS) is 1. The number of benzene rings is 3. The molecule has 4 rings (SSSR count). The van der Waals surface area contributed by atoms with E-state index in [-0.39, 0.29) is 38.0 Å². The monoisotopic (exact) mass is 587 g/mol. The number of nitrogens with zero attached hydrogens (tertiary/aromatic N) is 1. The Morgan fingerprint density at radius 3 is 1.88 bits per heavy atom. The first kappa shape index (κ1) is 31.2. The van der Waals surface area contributed by atoms with Crippen molar-refractivity contribution in [2.45, 2.75) is 55.9 Å². The zero-order valence-electron chi connectivity index (χ0n) is 23.6. The number of amides is 3. The van der Waals surface area contributed by atoms with Gasteiger partial charge < -0.3 is 37.2 Å². The van der Waals surface area contributed by atoms with E-state index in [4.69, 9.17) is 11.5 Å². The van der Waals surface area contributed by atoms with Crippen molar-refractivity contribution in [2.24, 2.45) is 11.5 Å². The van der Waals surface area contributed by atoms with Gasteiger partial charge in [-0.15, -0.1) is 0 Å². The van der Waals surface area contributed by atoms with Gasteiger partial charge in [0.25, 0.3) is 0 Å². The zero-order valence-corrected chi connectivity index (χ0v) is 23.6. The number of hydrogen-bond donors (Lipinski definition) is 6. The fraction of sp³-hybridized carbons (Fsp3) is 0.312. The van der Waals surface area contributed by atoms with Crippen molar-refractivity contribution in [3.05, 3.63) is 102 Å². The lowest BCUT2D eigenvalue weighted by Crippen LogP contribution is -2.57. The molecule has 11 heteroatoms. The van der Waals surface area contributed by atoms with Crippen molar-refractivity contribution in [1.82, 2.24) is 15.5 Å². The number of aliphatic carboxylic acids is 1. The maximum absolute atomic E-state index is 13.6. The normalized spacial score (nSPS) is 18.3. The molecule has 0 bridgehead atoms. The predicted molar refractivity (Wildman–Crippen MR) is 160 cm³/mol. The predicted octanol–water partition coefficient (Wildman–Crippen LogP) is 0.730. The molecule has 1 aliphatic heterocycles. The fourth-order valence-corrected chi connectivity index (χ4v) is 5.20. The molecule has 226 valence electrons. The van der Waals surface area contributed by atoms with Crippen molar-refractivity contribution >= 4 is 23.7 Å². The van der Waals surface area contributed by atoms with E-state index < -0.39 is 53.9 Å². The van der Waals surface area contributed by atoms with Crippen LogP contribution in [0.15, 0.2) is 84.9 Å². The highest BCUT2D eigenvalue weighted by Crippen LogP contribution is 2.20. The number of carbonyl (C=O) groups is 4.